The largest absolute Gasteiger partial charge is 0.326 e. The van der Waals surface area contributed by atoms with E-state index in [1.165, 1.54) is 0 Å². The first-order valence-electron chi connectivity index (χ1n) is 6.48. The second-order valence-electron chi connectivity index (χ2n) is 4.78. The van der Waals surface area contributed by atoms with Crippen LogP contribution in [0.25, 0.3) is 11.0 Å². The number of nitrogens with two attached hydrogens (primary N) is 1. The van der Waals surface area contributed by atoms with Crippen LogP contribution in [-0.2, 0) is 6.54 Å². The second kappa shape index (κ2) is 4.86. The van der Waals surface area contributed by atoms with Crippen LogP contribution in [0.5, 0.6) is 0 Å². The molecule has 96 valence electrons. The van der Waals surface area contributed by atoms with Gasteiger partial charge >= 0.3 is 0 Å². The third-order valence-corrected chi connectivity index (χ3v) is 3.45. The highest BCUT2D eigenvalue weighted by Crippen LogP contribution is 2.19. The minimum Gasteiger partial charge on any atom is -0.326 e. The van der Waals surface area contributed by atoms with Crippen molar-refractivity contribution >= 4 is 11.0 Å². The normalized spacial score (nSPS) is 12.7. The third kappa shape index (κ3) is 2.25. The Labute approximate surface area is 112 Å². The maximum absolute atomic E-state index is 6.30. The molecule has 3 aromatic rings. The summed E-state index contributed by atoms with van der Waals surface area (Å²) < 4.78 is 2.19. The van der Waals surface area contributed by atoms with E-state index in [0.29, 0.717) is 0 Å². The average molecular weight is 251 g/mol. The van der Waals surface area contributed by atoms with Gasteiger partial charge in [-0.3, -0.25) is 0 Å². The van der Waals surface area contributed by atoms with Gasteiger partial charge in [0.05, 0.1) is 11.0 Å². The predicted octanol–water partition coefficient (Wildman–Crippen LogP) is 3.04. The molecule has 0 saturated heterocycles. The predicted molar refractivity (Wildman–Crippen MR) is 77.8 cm³/mol. The molecule has 0 aliphatic rings. The highest BCUT2D eigenvalue weighted by Gasteiger charge is 2.11. The molecule has 0 aliphatic heterocycles. The topological polar surface area (TPSA) is 43.8 Å². The molecule has 1 atom stereocenters. The van der Waals surface area contributed by atoms with Crippen molar-refractivity contribution in [2.45, 2.75) is 19.5 Å². The summed E-state index contributed by atoms with van der Waals surface area (Å²) in [6.45, 7) is 2.77. The van der Waals surface area contributed by atoms with Crippen LogP contribution in [-0.4, -0.2) is 9.55 Å². The van der Waals surface area contributed by atoms with Crippen molar-refractivity contribution in [3.8, 4) is 0 Å². The number of nitrogens with zero attached hydrogens (tertiary/aromatic N) is 2. The summed E-state index contributed by atoms with van der Waals surface area (Å²) in [7, 11) is 0. The first-order chi connectivity index (χ1) is 9.25. The Morgan fingerprint density at radius 2 is 1.74 bits per heavy atom. The number of para-hydroxylation sites is 2. The number of aryl methyl sites for hydroxylation is 1. The molecule has 3 rings (SSSR count). The smallest absolute Gasteiger partial charge is 0.106 e. The van der Waals surface area contributed by atoms with Gasteiger partial charge in [-0.2, -0.15) is 0 Å². The van der Waals surface area contributed by atoms with E-state index >= 15 is 0 Å². The molecule has 0 aliphatic carbocycles. The first-order valence-corrected chi connectivity index (χ1v) is 6.48. The Balaban J connectivity index is 1.95. The summed E-state index contributed by atoms with van der Waals surface area (Å²) in [6, 6.07) is 18.3. The standard InChI is InChI=1S/C16H17N3/c1-12-18-15-9-5-6-10-16(15)19(12)11-14(17)13-7-3-2-4-8-13/h2-10,14H,11,17H2,1H3. The molecule has 0 radical (unpaired) electrons. The third-order valence-electron chi connectivity index (χ3n) is 3.45. The second-order valence-corrected chi connectivity index (χ2v) is 4.78. The van der Waals surface area contributed by atoms with E-state index in [-0.39, 0.29) is 6.04 Å². The SMILES string of the molecule is Cc1nc2ccccc2n1CC(N)c1ccccc1. The molecule has 2 aromatic carbocycles. The van der Waals surface area contributed by atoms with Crippen LogP contribution in [0.1, 0.15) is 17.4 Å². The van der Waals surface area contributed by atoms with Crippen LogP contribution in [0.15, 0.2) is 54.6 Å². The molecule has 0 fully saturated rings. The number of hydrogen-bond donors (Lipinski definition) is 1. The maximum atomic E-state index is 6.30. The van der Waals surface area contributed by atoms with Gasteiger partial charge in [-0.15, -0.1) is 0 Å². The van der Waals surface area contributed by atoms with Crippen LogP contribution in [0.4, 0.5) is 0 Å². The van der Waals surface area contributed by atoms with Gasteiger partial charge < -0.3 is 10.3 Å². The van der Waals surface area contributed by atoms with E-state index < -0.39 is 0 Å². The minimum atomic E-state index is -0.0162. The van der Waals surface area contributed by atoms with E-state index in [4.69, 9.17) is 5.73 Å². The van der Waals surface area contributed by atoms with E-state index in [2.05, 4.69) is 27.8 Å². The van der Waals surface area contributed by atoms with Gasteiger partial charge in [0.15, 0.2) is 0 Å². The van der Waals surface area contributed by atoms with Gasteiger partial charge in [-0.1, -0.05) is 42.5 Å². The van der Waals surface area contributed by atoms with E-state index in [9.17, 15) is 0 Å². The molecule has 2 N–H and O–H groups in total. The fourth-order valence-corrected chi connectivity index (χ4v) is 2.43. The van der Waals surface area contributed by atoms with Crippen LogP contribution >= 0.6 is 0 Å². The molecular weight excluding hydrogens is 234 g/mol. The Morgan fingerprint density at radius 1 is 1.05 bits per heavy atom. The van der Waals surface area contributed by atoms with Crippen LogP contribution in [0.2, 0.25) is 0 Å². The lowest BCUT2D eigenvalue weighted by molar-refractivity contribution is 0.577. The molecule has 0 bridgehead atoms. The van der Waals surface area contributed by atoms with Crippen LogP contribution < -0.4 is 5.73 Å². The Morgan fingerprint density at radius 3 is 2.53 bits per heavy atom. The van der Waals surface area contributed by atoms with Crippen molar-refractivity contribution in [3.05, 3.63) is 66.0 Å². The summed E-state index contributed by atoms with van der Waals surface area (Å²) in [6.07, 6.45) is 0. The molecule has 1 aromatic heterocycles. The average Bonchev–Trinajstić information content (AvgIpc) is 2.76. The summed E-state index contributed by atoms with van der Waals surface area (Å²) in [5.41, 5.74) is 9.62. The molecule has 0 saturated carbocycles. The van der Waals surface area contributed by atoms with Gasteiger partial charge in [0.25, 0.3) is 0 Å². The number of hydrogen-bond acceptors (Lipinski definition) is 2. The Bertz CT molecular complexity index is 686. The molecule has 0 amide bonds. The van der Waals surface area contributed by atoms with E-state index in [0.717, 1.165) is 29.0 Å². The zero-order chi connectivity index (χ0) is 13.2. The zero-order valence-electron chi connectivity index (χ0n) is 11.0. The van der Waals surface area contributed by atoms with Crippen LogP contribution in [0.3, 0.4) is 0 Å². The summed E-state index contributed by atoms with van der Waals surface area (Å²) in [5, 5.41) is 0. The fraction of sp³-hybridized carbons (Fsp3) is 0.188. The highest BCUT2D eigenvalue weighted by atomic mass is 15.1. The number of rotatable bonds is 3. The van der Waals surface area contributed by atoms with Crippen molar-refractivity contribution < 1.29 is 0 Å². The molecule has 0 spiro atoms. The summed E-state index contributed by atoms with van der Waals surface area (Å²) in [5.74, 6) is 1.01. The minimum absolute atomic E-state index is 0.0162. The lowest BCUT2D eigenvalue weighted by Gasteiger charge is -2.14. The van der Waals surface area contributed by atoms with Gasteiger partial charge in [-0.25, -0.2) is 4.98 Å². The summed E-state index contributed by atoms with van der Waals surface area (Å²) in [4.78, 5) is 4.57. The maximum Gasteiger partial charge on any atom is 0.106 e. The monoisotopic (exact) mass is 251 g/mol. The van der Waals surface area contributed by atoms with Gasteiger partial charge in [0.1, 0.15) is 5.82 Å². The highest BCUT2D eigenvalue weighted by molar-refractivity contribution is 5.75. The molecule has 3 nitrogen and oxygen atoms in total. The van der Waals surface area contributed by atoms with Crippen molar-refractivity contribution in [2.75, 3.05) is 0 Å². The zero-order valence-corrected chi connectivity index (χ0v) is 11.0. The van der Waals surface area contributed by atoms with Crippen molar-refractivity contribution in [2.24, 2.45) is 5.73 Å². The van der Waals surface area contributed by atoms with Gasteiger partial charge in [0.2, 0.25) is 0 Å². The van der Waals surface area contributed by atoms with Crippen molar-refractivity contribution in [1.82, 2.24) is 9.55 Å². The van der Waals surface area contributed by atoms with E-state index in [1.54, 1.807) is 0 Å². The molecule has 19 heavy (non-hydrogen) atoms. The Hall–Kier alpha value is -2.13. The van der Waals surface area contributed by atoms with Crippen molar-refractivity contribution in [1.29, 1.82) is 0 Å². The summed E-state index contributed by atoms with van der Waals surface area (Å²) >= 11 is 0. The molecule has 3 heteroatoms. The quantitative estimate of drug-likeness (QED) is 0.777. The lowest BCUT2D eigenvalue weighted by Crippen LogP contribution is -2.18. The number of aromatic nitrogens is 2. The first kappa shape index (κ1) is 11.9. The number of fused-ring (bicyclic) bond motifs is 1. The van der Waals surface area contributed by atoms with Crippen molar-refractivity contribution in [3.63, 3.8) is 0 Å². The Kier molecular flexibility index (Phi) is 3.05. The van der Waals surface area contributed by atoms with Gasteiger partial charge in [-0.05, 0) is 24.6 Å². The fourth-order valence-electron chi connectivity index (χ4n) is 2.43. The van der Waals surface area contributed by atoms with E-state index in [1.807, 2.05) is 43.3 Å². The van der Waals surface area contributed by atoms with Crippen LogP contribution in [0, 0.1) is 6.92 Å². The number of imidazole rings is 1. The lowest BCUT2D eigenvalue weighted by atomic mass is 10.1. The molecule has 1 heterocycles. The molecular formula is C16H17N3. The molecule has 1 unspecified atom stereocenters. The number of benzene rings is 2. The van der Waals surface area contributed by atoms with Gasteiger partial charge in [0, 0.05) is 12.6 Å².